The molecule has 1 atom stereocenters. The molecule has 2 aliphatic heterocycles. The number of likely N-dealkylation sites (tertiary alicyclic amines) is 2. The second-order valence-corrected chi connectivity index (χ2v) is 8.57. The smallest absolute Gasteiger partial charge is 0.191 e. The Morgan fingerprint density at radius 3 is 2.18 bits per heavy atom. The number of nitrogens with zero attached hydrogens (tertiary/aromatic N) is 3. The van der Waals surface area contributed by atoms with E-state index in [-0.39, 0.29) is 0 Å². The first-order valence-corrected chi connectivity index (χ1v) is 11.2. The van der Waals surface area contributed by atoms with Gasteiger partial charge >= 0.3 is 0 Å². The van der Waals surface area contributed by atoms with Crippen LogP contribution in [0.15, 0.2) is 29.3 Å². The summed E-state index contributed by atoms with van der Waals surface area (Å²) in [6.45, 7) is 11.4. The monoisotopic (exact) mass is 385 g/mol. The standard InChI is InChI=1S/C23H39N5/c1-20(18-27-12-4-3-5-13-27)16-25-23(24-2)26-17-21-8-10-22(11-9-21)19-28-14-6-7-15-28/h8-11,20H,3-7,12-19H2,1-2H3,(H2,24,25,26). The van der Waals surface area contributed by atoms with Crippen molar-refractivity contribution in [2.45, 2.75) is 52.1 Å². The van der Waals surface area contributed by atoms with Crippen LogP contribution in [-0.2, 0) is 13.1 Å². The second kappa shape index (κ2) is 11.4. The number of piperidine rings is 1. The van der Waals surface area contributed by atoms with Gasteiger partial charge in [-0.3, -0.25) is 9.89 Å². The predicted octanol–water partition coefficient (Wildman–Crippen LogP) is 3.07. The molecule has 2 fully saturated rings. The van der Waals surface area contributed by atoms with E-state index in [9.17, 15) is 0 Å². The molecule has 0 radical (unpaired) electrons. The molecule has 156 valence electrons. The molecule has 2 N–H and O–H groups in total. The molecule has 28 heavy (non-hydrogen) atoms. The summed E-state index contributed by atoms with van der Waals surface area (Å²) in [4.78, 5) is 9.53. The molecule has 0 aliphatic carbocycles. The molecule has 0 aromatic heterocycles. The first-order chi connectivity index (χ1) is 13.7. The lowest BCUT2D eigenvalue weighted by Gasteiger charge is -2.29. The van der Waals surface area contributed by atoms with Crippen molar-refractivity contribution in [2.24, 2.45) is 10.9 Å². The van der Waals surface area contributed by atoms with Crippen molar-refractivity contribution in [3.8, 4) is 0 Å². The maximum Gasteiger partial charge on any atom is 0.191 e. The Morgan fingerprint density at radius 2 is 1.50 bits per heavy atom. The highest BCUT2D eigenvalue weighted by molar-refractivity contribution is 5.79. The molecule has 3 rings (SSSR count). The van der Waals surface area contributed by atoms with E-state index in [0.29, 0.717) is 5.92 Å². The molecule has 0 spiro atoms. The summed E-state index contributed by atoms with van der Waals surface area (Å²) in [5.74, 6) is 1.52. The van der Waals surface area contributed by atoms with E-state index in [4.69, 9.17) is 0 Å². The van der Waals surface area contributed by atoms with Gasteiger partial charge in [0.25, 0.3) is 0 Å². The molecule has 2 saturated heterocycles. The zero-order valence-corrected chi connectivity index (χ0v) is 17.9. The van der Waals surface area contributed by atoms with Crippen molar-refractivity contribution in [2.75, 3.05) is 46.3 Å². The lowest BCUT2D eigenvalue weighted by atomic mass is 10.1. The number of hydrogen-bond donors (Lipinski definition) is 2. The van der Waals surface area contributed by atoms with E-state index in [2.05, 4.69) is 56.6 Å². The van der Waals surface area contributed by atoms with Gasteiger partial charge in [0.05, 0.1) is 0 Å². The number of benzene rings is 1. The van der Waals surface area contributed by atoms with Crippen LogP contribution in [0.1, 0.15) is 50.2 Å². The Morgan fingerprint density at radius 1 is 0.893 bits per heavy atom. The van der Waals surface area contributed by atoms with E-state index >= 15 is 0 Å². The van der Waals surface area contributed by atoms with E-state index in [1.54, 1.807) is 0 Å². The van der Waals surface area contributed by atoms with Crippen LogP contribution in [0.4, 0.5) is 0 Å². The molecule has 2 heterocycles. The van der Waals surface area contributed by atoms with Crippen LogP contribution in [0.2, 0.25) is 0 Å². The average molecular weight is 386 g/mol. The number of nitrogens with one attached hydrogen (secondary N) is 2. The molecular formula is C23H39N5. The molecule has 5 nitrogen and oxygen atoms in total. The molecule has 0 bridgehead atoms. The van der Waals surface area contributed by atoms with Gasteiger partial charge in [-0.2, -0.15) is 0 Å². The topological polar surface area (TPSA) is 42.9 Å². The first-order valence-electron chi connectivity index (χ1n) is 11.2. The highest BCUT2D eigenvalue weighted by Gasteiger charge is 2.14. The lowest BCUT2D eigenvalue weighted by molar-refractivity contribution is 0.201. The first kappa shape index (κ1) is 21.1. The van der Waals surface area contributed by atoms with Gasteiger partial charge in [0.1, 0.15) is 0 Å². The van der Waals surface area contributed by atoms with Crippen molar-refractivity contribution in [3.63, 3.8) is 0 Å². The molecule has 2 aliphatic rings. The number of guanidine groups is 1. The third-order valence-corrected chi connectivity index (χ3v) is 5.95. The molecule has 0 amide bonds. The van der Waals surface area contributed by atoms with Gasteiger partial charge in [0.15, 0.2) is 5.96 Å². The summed E-state index contributed by atoms with van der Waals surface area (Å²) in [6, 6.07) is 9.02. The summed E-state index contributed by atoms with van der Waals surface area (Å²) in [5.41, 5.74) is 2.72. The number of aliphatic imine (C=N–C) groups is 1. The van der Waals surface area contributed by atoms with E-state index < -0.39 is 0 Å². The number of rotatable bonds is 8. The Kier molecular flexibility index (Phi) is 8.62. The Balaban J connectivity index is 1.36. The SMILES string of the molecule is CN=C(NCc1ccc(CN2CCCC2)cc1)NCC(C)CN1CCCCC1. The summed E-state index contributed by atoms with van der Waals surface area (Å²) in [6.07, 6.45) is 6.83. The van der Waals surface area contributed by atoms with Crippen molar-refractivity contribution in [1.82, 2.24) is 20.4 Å². The van der Waals surface area contributed by atoms with Gasteiger partial charge in [-0.25, -0.2) is 0 Å². The minimum atomic E-state index is 0.626. The van der Waals surface area contributed by atoms with Crippen molar-refractivity contribution < 1.29 is 0 Å². The Labute approximate surface area is 171 Å². The van der Waals surface area contributed by atoms with Crippen LogP contribution in [0.3, 0.4) is 0 Å². The zero-order valence-electron chi connectivity index (χ0n) is 17.9. The lowest BCUT2D eigenvalue weighted by Crippen LogP contribution is -2.42. The number of hydrogen-bond acceptors (Lipinski definition) is 3. The van der Waals surface area contributed by atoms with Crippen molar-refractivity contribution in [3.05, 3.63) is 35.4 Å². The molecular weight excluding hydrogens is 346 g/mol. The van der Waals surface area contributed by atoms with Crippen LogP contribution in [0, 0.1) is 5.92 Å². The Hall–Kier alpha value is -1.59. The summed E-state index contributed by atoms with van der Waals surface area (Å²) >= 11 is 0. The van der Waals surface area contributed by atoms with Crippen molar-refractivity contribution >= 4 is 5.96 Å². The molecule has 1 aromatic rings. The Bertz CT molecular complexity index is 586. The largest absolute Gasteiger partial charge is 0.356 e. The highest BCUT2D eigenvalue weighted by atomic mass is 15.2. The van der Waals surface area contributed by atoms with Crippen LogP contribution in [-0.4, -0.2) is 62.1 Å². The van der Waals surface area contributed by atoms with Gasteiger partial charge in [-0.05, 0) is 68.9 Å². The summed E-state index contributed by atoms with van der Waals surface area (Å²) < 4.78 is 0. The summed E-state index contributed by atoms with van der Waals surface area (Å²) in [5, 5.41) is 6.95. The van der Waals surface area contributed by atoms with Crippen LogP contribution < -0.4 is 10.6 Å². The van der Waals surface area contributed by atoms with E-state index in [1.165, 1.54) is 76.0 Å². The molecule has 5 heteroatoms. The third kappa shape index (κ3) is 7.10. The third-order valence-electron chi connectivity index (χ3n) is 5.95. The van der Waals surface area contributed by atoms with Gasteiger partial charge < -0.3 is 15.5 Å². The fourth-order valence-electron chi connectivity index (χ4n) is 4.29. The van der Waals surface area contributed by atoms with Crippen molar-refractivity contribution in [1.29, 1.82) is 0 Å². The van der Waals surface area contributed by atoms with Gasteiger partial charge in [0.2, 0.25) is 0 Å². The van der Waals surface area contributed by atoms with E-state index in [1.807, 2.05) is 7.05 Å². The molecule has 1 unspecified atom stereocenters. The quantitative estimate of drug-likeness (QED) is 0.533. The summed E-state index contributed by atoms with van der Waals surface area (Å²) in [7, 11) is 1.85. The maximum atomic E-state index is 4.38. The average Bonchev–Trinajstić information content (AvgIpc) is 3.23. The minimum Gasteiger partial charge on any atom is -0.356 e. The molecule has 1 aromatic carbocycles. The van der Waals surface area contributed by atoms with Gasteiger partial charge in [0, 0.05) is 33.2 Å². The fraction of sp³-hybridized carbons (Fsp3) is 0.696. The van der Waals surface area contributed by atoms with E-state index in [0.717, 1.165) is 25.6 Å². The van der Waals surface area contributed by atoms with Gasteiger partial charge in [-0.15, -0.1) is 0 Å². The van der Waals surface area contributed by atoms with Crippen LogP contribution in [0.25, 0.3) is 0 Å². The van der Waals surface area contributed by atoms with Crippen LogP contribution >= 0.6 is 0 Å². The predicted molar refractivity (Wildman–Crippen MR) is 119 cm³/mol. The zero-order chi connectivity index (χ0) is 19.6. The highest BCUT2D eigenvalue weighted by Crippen LogP contribution is 2.13. The minimum absolute atomic E-state index is 0.626. The second-order valence-electron chi connectivity index (χ2n) is 8.57. The fourth-order valence-corrected chi connectivity index (χ4v) is 4.29. The molecule has 0 saturated carbocycles. The van der Waals surface area contributed by atoms with Crippen LogP contribution in [0.5, 0.6) is 0 Å². The normalized spacial score (nSPS) is 20.3. The van der Waals surface area contributed by atoms with Gasteiger partial charge in [-0.1, -0.05) is 37.6 Å². The maximum absolute atomic E-state index is 4.38.